The molecule has 0 unspecified atom stereocenters. The Kier molecular flexibility index (Phi) is 2.06. The number of thioether (sulfide) groups is 1. The molecule has 13 heavy (non-hydrogen) atoms. The zero-order valence-electron chi connectivity index (χ0n) is 7.10. The van der Waals surface area contributed by atoms with Crippen molar-refractivity contribution < 1.29 is 0 Å². The summed E-state index contributed by atoms with van der Waals surface area (Å²) in [5, 5.41) is 0.760. The second-order valence-electron chi connectivity index (χ2n) is 2.57. The van der Waals surface area contributed by atoms with Crippen LogP contribution in [0.2, 0.25) is 0 Å². The first-order valence-corrected chi connectivity index (χ1v) is 5.06. The molecule has 0 fully saturated rings. The van der Waals surface area contributed by atoms with Crippen molar-refractivity contribution in [3.8, 4) is 0 Å². The van der Waals surface area contributed by atoms with Crippen molar-refractivity contribution in [2.45, 2.75) is 5.03 Å². The summed E-state index contributed by atoms with van der Waals surface area (Å²) in [6.07, 6.45) is 3.62. The number of hydrogen-bond donors (Lipinski definition) is 0. The van der Waals surface area contributed by atoms with Gasteiger partial charge in [-0.1, -0.05) is 6.07 Å². The summed E-state index contributed by atoms with van der Waals surface area (Å²) >= 11 is 1.47. The average molecular weight is 192 g/mol. The van der Waals surface area contributed by atoms with Gasteiger partial charge in [0.2, 0.25) is 0 Å². The van der Waals surface area contributed by atoms with Crippen LogP contribution in [-0.4, -0.2) is 15.6 Å². The summed E-state index contributed by atoms with van der Waals surface area (Å²) in [5.41, 5.74) is 0.661. The summed E-state index contributed by atoms with van der Waals surface area (Å²) in [6.45, 7) is 0. The highest BCUT2D eigenvalue weighted by molar-refractivity contribution is 7.98. The van der Waals surface area contributed by atoms with Gasteiger partial charge in [0.15, 0.2) is 0 Å². The van der Waals surface area contributed by atoms with Crippen LogP contribution in [0.1, 0.15) is 0 Å². The lowest BCUT2D eigenvalue weighted by atomic mass is 10.4. The van der Waals surface area contributed by atoms with E-state index in [1.165, 1.54) is 22.2 Å². The molecule has 2 rings (SSSR count). The van der Waals surface area contributed by atoms with E-state index in [1.54, 1.807) is 6.20 Å². The Morgan fingerprint density at radius 3 is 3.08 bits per heavy atom. The van der Waals surface area contributed by atoms with E-state index >= 15 is 0 Å². The van der Waals surface area contributed by atoms with Crippen LogP contribution in [0.15, 0.2) is 40.3 Å². The molecule has 0 N–H and O–H groups in total. The molecule has 0 aliphatic heterocycles. The zero-order valence-corrected chi connectivity index (χ0v) is 7.91. The highest BCUT2D eigenvalue weighted by Crippen LogP contribution is 2.09. The fourth-order valence-corrected chi connectivity index (χ4v) is 1.54. The van der Waals surface area contributed by atoms with Gasteiger partial charge in [-0.15, -0.1) is 11.8 Å². The fourth-order valence-electron chi connectivity index (χ4n) is 1.14. The molecule has 0 aliphatic rings. The van der Waals surface area contributed by atoms with Crippen LogP contribution in [0.3, 0.4) is 0 Å². The Morgan fingerprint density at radius 1 is 1.46 bits per heavy atom. The third kappa shape index (κ3) is 1.45. The Hall–Kier alpha value is -1.29. The molecular formula is C9H8N2OS. The second-order valence-corrected chi connectivity index (χ2v) is 3.39. The Morgan fingerprint density at radius 2 is 2.31 bits per heavy atom. The summed E-state index contributed by atoms with van der Waals surface area (Å²) in [6, 6.07) is 7.04. The number of pyridine rings is 1. The Balaban J connectivity index is 2.85. The van der Waals surface area contributed by atoms with Gasteiger partial charge in [-0.05, 0) is 18.4 Å². The fraction of sp³-hybridized carbons (Fsp3) is 0.111. The van der Waals surface area contributed by atoms with Crippen molar-refractivity contribution >= 4 is 17.4 Å². The molecule has 0 radical (unpaired) electrons. The van der Waals surface area contributed by atoms with E-state index in [9.17, 15) is 4.79 Å². The summed E-state index contributed by atoms with van der Waals surface area (Å²) in [4.78, 5) is 15.7. The van der Waals surface area contributed by atoms with Crippen LogP contribution in [-0.2, 0) is 0 Å². The molecule has 2 heterocycles. The van der Waals surface area contributed by atoms with Crippen molar-refractivity contribution in [2.24, 2.45) is 0 Å². The molecule has 0 aliphatic carbocycles. The molecule has 0 spiro atoms. The van der Waals surface area contributed by atoms with Gasteiger partial charge in [0, 0.05) is 12.3 Å². The standard InChI is InChI=1S/C9H8N2OS/c1-13-8-6-9(12)11-5-3-2-4-7(11)10-8/h2-6H,1H3. The lowest BCUT2D eigenvalue weighted by Crippen LogP contribution is -2.13. The molecule has 0 saturated heterocycles. The highest BCUT2D eigenvalue weighted by atomic mass is 32.2. The first-order chi connectivity index (χ1) is 6.31. The number of aromatic nitrogens is 2. The van der Waals surface area contributed by atoms with E-state index in [1.807, 2.05) is 24.5 Å². The van der Waals surface area contributed by atoms with E-state index in [2.05, 4.69) is 4.98 Å². The molecule has 3 nitrogen and oxygen atoms in total. The Labute approximate surface area is 79.4 Å². The van der Waals surface area contributed by atoms with Crippen LogP contribution in [0.25, 0.3) is 5.65 Å². The Bertz CT molecular complexity index is 492. The minimum Gasteiger partial charge on any atom is -0.269 e. The number of rotatable bonds is 1. The maximum Gasteiger partial charge on any atom is 0.258 e. The molecule has 4 heteroatoms. The molecule has 2 aromatic heterocycles. The van der Waals surface area contributed by atoms with Gasteiger partial charge in [0.1, 0.15) is 10.7 Å². The third-order valence-electron chi connectivity index (χ3n) is 1.76. The molecule has 66 valence electrons. The second kappa shape index (κ2) is 3.22. The van der Waals surface area contributed by atoms with E-state index in [-0.39, 0.29) is 5.56 Å². The number of hydrogen-bond acceptors (Lipinski definition) is 3. The number of fused-ring (bicyclic) bond motifs is 1. The van der Waals surface area contributed by atoms with Gasteiger partial charge in [-0.2, -0.15) is 0 Å². The molecule has 0 bridgehead atoms. The average Bonchev–Trinajstić information content (AvgIpc) is 2.18. The van der Waals surface area contributed by atoms with Gasteiger partial charge < -0.3 is 0 Å². The minimum atomic E-state index is -0.0325. The lowest BCUT2D eigenvalue weighted by Gasteiger charge is -1.99. The van der Waals surface area contributed by atoms with Crippen LogP contribution in [0.5, 0.6) is 0 Å². The maximum absolute atomic E-state index is 11.5. The van der Waals surface area contributed by atoms with Gasteiger partial charge in [0.05, 0.1) is 0 Å². The summed E-state index contributed by atoms with van der Waals surface area (Å²) < 4.78 is 1.53. The summed E-state index contributed by atoms with van der Waals surface area (Å²) in [7, 11) is 0. The van der Waals surface area contributed by atoms with Crippen molar-refractivity contribution in [3.63, 3.8) is 0 Å². The van der Waals surface area contributed by atoms with Crippen LogP contribution in [0.4, 0.5) is 0 Å². The largest absolute Gasteiger partial charge is 0.269 e. The third-order valence-corrected chi connectivity index (χ3v) is 2.38. The predicted molar refractivity (Wildman–Crippen MR) is 53.2 cm³/mol. The highest BCUT2D eigenvalue weighted by Gasteiger charge is 1.98. The van der Waals surface area contributed by atoms with Gasteiger partial charge in [0.25, 0.3) is 5.56 Å². The van der Waals surface area contributed by atoms with E-state index in [0.29, 0.717) is 5.65 Å². The molecular weight excluding hydrogens is 184 g/mol. The van der Waals surface area contributed by atoms with Gasteiger partial charge in [-0.25, -0.2) is 4.98 Å². The number of nitrogens with zero attached hydrogens (tertiary/aromatic N) is 2. The monoisotopic (exact) mass is 192 g/mol. The molecule has 0 aromatic carbocycles. The predicted octanol–water partition coefficient (Wildman–Crippen LogP) is 1.42. The quantitative estimate of drug-likeness (QED) is 0.506. The lowest BCUT2D eigenvalue weighted by molar-refractivity contribution is 0.987. The normalized spacial score (nSPS) is 10.5. The van der Waals surface area contributed by atoms with Crippen molar-refractivity contribution in [1.29, 1.82) is 0 Å². The topological polar surface area (TPSA) is 34.4 Å². The van der Waals surface area contributed by atoms with E-state index in [4.69, 9.17) is 0 Å². The van der Waals surface area contributed by atoms with Crippen LogP contribution >= 0.6 is 11.8 Å². The minimum absolute atomic E-state index is 0.0325. The van der Waals surface area contributed by atoms with E-state index in [0.717, 1.165) is 5.03 Å². The van der Waals surface area contributed by atoms with Crippen LogP contribution < -0.4 is 5.56 Å². The van der Waals surface area contributed by atoms with Crippen molar-refractivity contribution in [2.75, 3.05) is 6.26 Å². The SMILES string of the molecule is CSc1cc(=O)n2ccccc2n1. The smallest absolute Gasteiger partial charge is 0.258 e. The van der Waals surface area contributed by atoms with Crippen molar-refractivity contribution in [1.82, 2.24) is 9.38 Å². The summed E-state index contributed by atoms with van der Waals surface area (Å²) in [5.74, 6) is 0. The maximum atomic E-state index is 11.5. The molecule has 0 amide bonds. The molecule has 0 saturated carbocycles. The molecule has 2 aromatic rings. The first-order valence-electron chi connectivity index (χ1n) is 3.84. The van der Waals surface area contributed by atoms with Gasteiger partial charge >= 0.3 is 0 Å². The van der Waals surface area contributed by atoms with Crippen molar-refractivity contribution in [3.05, 3.63) is 40.8 Å². The van der Waals surface area contributed by atoms with Gasteiger partial charge in [-0.3, -0.25) is 9.20 Å². The van der Waals surface area contributed by atoms with E-state index < -0.39 is 0 Å². The first kappa shape index (κ1) is 8.31. The zero-order chi connectivity index (χ0) is 9.26. The van der Waals surface area contributed by atoms with Crippen LogP contribution in [0, 0.1) is 0 Å². The molecule has 0 atom stereocenters.